The van der Waals surface area contributed by atoms with E-state index in [0.29, 0.717) is 18.7 Å². The van der Waals surface area contributed by atoms with E-state index in [-0.39, 0.29) is 18.4 Å². The van der Waals surface area contributed by atoms with Gasteiger partial charge >= 0.3 is 6.03 Å². The molecule has 1 aliphatic carbocycles. The van der Waals surface area contributed by atoms with Gasteiger partial charge in [0.1, 0.15) is 5.82 Å². The quantitative estimate of drug-likeness (QED) is 0.748. The predicted octanol–water partition coefficient (Wildman–Crippen LogP) is 1.60. The standard InChI is InChI=1S/C16H24FN3O2/c1-20(2)10-13-8-12(4-5-14(13)17)9-18-15(21)19-11-16(22)6-3-7-16/h4-5,8,22H,3,6-7,9-11H2,1-2H3,(H2,18,19,21). The molecule has 1 aliphatic rings. The Labute approximate surface area is 130 Å². The highest BCUT2D eigenvalue weighted by molar-refractivity contribution is 5.73. The van der Waals surface area contributed by atoms with Crippen LogP contribution in [0.2, 0.25) is 0 Å². The number of hydrogen-bond acceptors (Lipinski definition) is 3. The normalized spacial score (nSPS) is 16.2. The van der Waals surface area contributed by atoms with Crippen molar-refractivity contribution in [3.8, 4) is 0 Å². The van der Waals surface area contributed by atoms with Crippen LogP contribution in [0.25, 0.3) is 0 Å². The van der Waals surface area contributed by atoms with E-state index >= 15 is 0 Å². The molecule has 1 fully saturated rings. The Kier molecular flexibility index (Phi) is 5.37. The van der Waals surface area contributed by atoms with Gasteiger partial charge in [-0.15, -0.1) is 0 Å². The largest absolute Gasteiger partial charge is 0.388 e. The second kappa shape index (κ2) is 7.07. The molecule has 2 amide bonds. The number of urea groups is 1. The number of benzene rings is 1. The molecule has 0 heterocycles. The number of rotatable bonds is 6. The average molecular weight is 309 g/mol. The lowest BCUT2D eigenvalue weighted by molar-refractivity contribution is -0.0290. The molecule has 0 unspecified atom stereocenters. The number of nitrogens with zero attached hydrogens (tertiary/aromatic N) is 1. The highest BCUT2D eigenvalue weighted by atomic mass is 19.1. The minimum atomic E-state index is -0.730. The third-order valence-corrected chi connectivity index (χ3v) is 3.91. The second-order valence-corrected chi connectivity index (χ2v) is 6.28. The van der Waals surface area contributed by atoms with Gasteiger partial charge in [0.25, 0.3) is 0 Å². The zero-order valence-corrected chi connectivity index (χ0v) is 13.2. The summed E-state index contributed by atoms with van der Waals surface area (Å²) < 4.78 is 13.7. The van der Waals surface area contributed by atoms with Gasteiger partial charge in [0, 0.05) is 25.2 Å². The lowest BCUT2D eigenvalue weighted by Gasteiger charge is -2.36. The summed E-state index contributed by atoms with van der Waals surface area (Å²) in [7, 11) is 3.76. The topological polar surface area (TPSA) is 64.6 Å². The molecule has 122 valence electrons. The van der Waals surface area contributed by atoms with Gasteiger partial charge in [-0.3, -0.25) is 0 Å². The molecule has 0 atom stereocenters. The van der Waals surface area contributed by atoms with Crippen LogP contribution in [-0.2, 0) is 13.1 Å². The Balaban J connectivity index is 1.81. The van der Waals surface area contributed by atoms with Crippen LogP contribution in [0.15, 0.2) is 18.2 Å². The lowest BCUT2D eigenvalue weighted by Crippen LogP contribution is -2.49. The minimum Gasteiger partial charge on any atom is -0.388 e. The highest BCUT2D eigenvalue weighted by Crippen LogP contribution is 2.30. The van der Waals surface area contributed by atoms with Crippen molar-refractivity contribution in [1.82, 2.24) is 15.5 Å². The van der Waals surface area contributed by atoms with E-state index in [1.807, 2.05) is 19.0 Å². The molecule has 22 heavy (non-hydrogen) atoms. The molecule has 0 aromatic heterocycles. The van der Waals surface area contributed by atoms with Crippen molar-refractivity contribution in [3.05, 3.63) is 35.1 Å². The van der Waals surface area contributed by atoms with Crippen molar-refractivity contribution in [1.29, 1.82) is 0 Å². The fourth-order valence-corrected chi connectivity index (χ4v) is 2.45. The molecule has 2 rings (SSSR count). The van der Waals surface area contributed by atoms with Crippen molar-refractivity contribution < 1.29 is 14.3 Å². The van der Waals surface area contributed by atoms with Gasteiger partial charge in [-0.25, -0.2) is 9.18 Å². The summed E-state index contributed by atoms with van der Waals surface area (Å²) in [6.45, 7) is 1.11. The Morgan fingerprint density at radius 1 is 1.36 bits per heavy atom. The Morgan fingerprint density at radius 2 is 2.09 bits per heavy atom. The summed E-state index contributed by atoms with van der Waals surface area (Å²) in [6.07, 6.45) is 2.47. The minimum absolute atomic E-state index is 0.242. The molecule has 0 spiro atoms. The molecule has 0 bridgehead atoms. The number of carbonyl (C=O) groups is 1. The molecule has 6 heteroatoms. The molecule has 0 saturated heterocycles. The number of carbonyl (C=O) groups excluding carboxylic acids is 1. The van der Waals surface area contributed by atoms with Crippen LogP contribution in [-0.4, -0.2) is 42.3 Å². The number of hydrogen-bond donors (Lipinski definition) is 3. The third kappa shape index (κ3) is 4.68. The lowest BCUT2D eigenvalue weighted by atomic mass is 9.80. The van der Waals surface area contributed by atoms with Crippen molar-refractivity contribution in [2.75, 3.05) is 20.6 Å². The van der Waals surface area contributed by atoms with Gasteiger partial charge in [-0.2, -0.15) is 0 Å². The molecule has 1 aromatic rings. The van der Waals surface area contributed by atoms with Crippen LogP contribution in [0.4, 0.5) is 9.18 Å². The van der Waals surface area contributed by atoms with E-state index in [9.17, 15) is 14.3 Å². The molecule has 5 nitrogen and oxygen atoms in total. The van der Waals surface area contributed by atoms with Gasteiger partial charge in [0.05, 0.1) is 5.60 Å². The van der Waals surface area contributed by atoms with Gasteiger partial charge in [0.15, 0.2) is 0 Å². The van der Waals surface area contributed by atoms with Crippen LogP contribution in [0.5, 0.6) is 0 Å². The first kappa shape index (κ1) is 16.7. The molecule has 1 aromatic carbocycles. The third-order valence-electron chi connectivity index (χ3n) is 3.91. The maximum Gasteiger partial charge on any atom is 0.315 e. The van der Waals surface area contributed by atoms with E-state index in [1.165, 1.54) is 6.07 Å². The van der Waals surface area contributed by atoms with Crippen molar-refractivity contribution in [2.24, 2.45) is 0 Å². The zero-order valence-electron chi connectivity index (χ0n) is 13.2. The molecule has 0 radical (unpaired) electrons. The predicted molar refractivity (Wildman–Crippen MR) is 82.8 cm³/mol. The second-order valence-electron chi connectivity index (χ2n) is 6.28. The molecular weight excluding hydrogens is 285 g/mol. The summed E-state index contributed by atoms with van der Waals surface area (Å²) in [5, 5.41) is 15.3. The Bertz CT molecular complexity index is 530. The summed E-state index contributed by atoms with van der Waals surface area (Å²) in [5.74, 6) is -0.242. The Morgan fingerprint density at radius 3 is 2.68 bits per heavy atom. The zero-order chi connectivity index (χ0) is 16.2. The van der Waals surface area contributed by atoms with E-state index < -0.39 is 5.60 Å². The van der Waals surface area contributed by atoms with E-state index in [0.717, 1.165) is 24.8 Å². The van der Waals surface area contributed by atoms with Gasteiger partial charge in [0.2, 0.25) is 0 Å². The van der Waals surface area contributed by atoms with Crippen LogP contribution < -0.4 is 10.6 Å². The van der Waals surface area contributed by atoms with Crippen LogP contribution in [0, 0.1) is 5.82 Å². The SMILES string of the molecule is CN(C)Cc1cc(CNC(=O)NCC2(O)CCC2)ccc1F. The van der Waals surface area contributed by atoms with Crippen LogP contribution >= 0.6 is 0 Å². The molecule has 0 aliphatic heterocycles. The fraction of sp³-hybridized carbons (Fsp3) is 0.562. The van der Waals surface area contributed by atoms with E-state index in [4.69, 9.17) is 0 Å². The molecular formula is C16H24FN3O2. The maximum atomic E-state index is 13.7. The monoisotopic (exact) mass is 309 g/mol. The van der Waals surface area contributed by atoms with E-state index in [1.54, 1.807) is 12.1 Å². The molecule has 3 N–H and O–H groups in total. The van der Waals surface area contributed by atoms with Crippen molar-refractivity contribution >= 4 is 6.03 Å². The number of halogens is 1. The van der Waals surface area contributed by atoms with Crippen LogP contribution in [0.1, 0.15) is 30.4 Å². The van der Waals surface area contributed by atoms with E-state index in [2.05, 4.69) is 10.6 Å². The first-order chi connectivity index (χ1) is 10.4. The first-order valence-corrected chi connectivity index (χ1v) is 7.54. The first-order valence-electron chi connectivity index (χ1n) is 7.54. The van der Waals surface area contributed by atoms with Crippen molar-refractivity contribution in [2.45, 2.75) is 38.0 Å². The average Bonchev–Trinajstić information content (AvgIpc) is 2.43. The van der Waals surface area contributed by atoms with Crippen molar-refractivity contribution in [3.63, 3.8) is 0 Å². The highest BCUT2D eigenvalue weighted by Gasteiger charge is 2.34. The summed E-state index contributed by atoms with van der Waals surface area (Å²) in [6, 6.07) is 4.52. The number of amides is 2. The smallest absolute Gasteiger partial charge is 0.315 e. The van der Waals surface area contributed by atoms with Crippen LogP contribution in [0.3, 0.4) is 0 Å². The van der Waals surface area contributed by atoms with Gasteiger partial charge in [-0.05, 0) is 51.1 Å². The summed E-state index contributed by atoms with van der Waals surface area (Å²) in [4.78, 5) is 13.6. The number of nitrogens with one attached hydrogen (secondary N) is 2. The number of aliphatic hydroxyl groups is 1. The molecule has 1 saturated carbocycles. The summed E-state index contributed by atoms with van der Waals surface area (Å²) >= 11 is 0. The van der Waals surface area contributed by atoms with Gasteiger partial charge < -0.3 is 20.6 Å². The fourth-order valence-electron chi connectivity index (χ4n) is 2.45. The Hall–Kier alpha value is -1.66. The maximum absolute atomic E-state index is 13.7. The summed E-state index contributed by atoms with van der Waals surface area (Å²) in [5.41, 5.74) is 0.718. The van der Waals surface area contributed by atoms with Gasteiger partial charge in [-0.1, -0.05) is 6.07 Å².